The molecule has 1 aliphatic heterocycles. The summed E-state index contributed by atoms with van der Waals surface area (Å²) in [4.78, 5) is 24.8. The van der Waals surface area contributed by atoms with Crippen LogP contribution in [-0.4, -0.2) is 29.7 Å². The predicted molar refractivity (Wildman–Crippen MR) is 79.6 cm³/mol. The van der Waals surface area contributed by atoms with Crippen LogP contribution in [0.15, 0.2) is 39.9 Å². The number of carbonyl (C=O) groups excluding carboxylic acids is 2. The Morgan fingerprint density at radius 3 is 2.46 bits per heavy atom. The Morgan fingerprint density at radius 1 is 1.33 bits per heavy atom. The molecule has 8 nitrogen and oxygen atoms in total. The lowest BCUT2D eigenvalue weighted by atomic mass is 9.95. The average molecular weight is 340 g/mol. The van der Waals surface area contributed by atoms with Gasteiger partial charge in [-0.05, 0) is 11.4 Å². The summed E-state index contributed by atoms with van der Waals surface area (Å²) in [6, 6.07) is 7.78. The number of Topliss-reactive ketones (excluding diaryl/α,β-unsaturated/α-hetero) is 1. The minimum absolute atomic E-state index is 0.165. The van der Waals surface area contributed by atoms with Crippen LogP contribution in [-0.2, 0) is 9.53 Å². The van der Waals surface area contributed by atoms with Gasteiger partial charge in [0.15, 0.2) is 5.57 Å². The second-order valence-corrected chi connectivity index (χ2v) is 5.42. The summed E-state index contributed by atoms with van der Waals surface area (Å²) in [7, 11) is 0.985. The number of rotatable bonds is 3. The molecule has 2 heterocycles. The number of hydrogen-bond acceptors (Lipinski definition) is 9. The maximum absolute atomic E-state index is 12.7. The fraction of sp³-hybridized carbons (Fsp3) is 0.133. The van der Waals surface area contributed by atoms with Gasteiger partial charge in [-0.2, -0.15) is 15.8 Å². The van der Waals surface area contributed by atoms with Crippen molar-refractivity contribution in [3.05, 3.63) is 44.8 Å². The zero-order valence-electron chi connectivity index (χ0n) is 12.2. The van der Waals surface area contributed by atoms with Crippen molar-refractivity contribution in [2.45, 2.75) is 5.72 Å². The standard InChI is InChI=1S/C15H8N4O4S/c1-23-14(21)15(22)11(13(20)10-3-2-4-24-10)9(7-18)12(19-15)8(5-16)6-17/h2-4,19,22H,1H3. The molecule has 0 aromatic carbocycles. The van der Waals surface area contributed by atoms with Crippen LogP contribution < -0.4 is 5.32 Å². The molecule has 24 heavy (non-hydrogen) atoms. The lowest BCUT2D eigenvalue weighted by Gasteiger charge is -2.23. The number of allylic oxidation sites excluding steroid dienone is 2. The summed E-state index contributed by atoms with van der Waals surface area (Å²) in [5.74, 6) is -2.03. The van der Waals surface area contributed by atoms with E-state index in [1.807, 2.05) is 0 Å². The molecule has 1 aliphatic rings. The van der Waals surface area contributed by atoms with E-state index < -0.39 is 39.9 Å². The van der Waals surface area contributed by atoms with Crippen molar-refractivity contribution in [3.8, 4) is 18.2 Å². The summed E-state index contributed by atoms with van der Waals surface area (Å²) < 4.78 is 4.49. The fourth-order valence-corrected chi connectivity index (χ4v) is 2.83. The summed E-state index contributed by atoms with van der Waals surface area (Å²) in [6.45, 7) is 0. The van der Waals surface area contributed by atoms with Crippen LogP contribution in [0.2, 0.25) is 0 Å². The van der Waals surface area contributed by atoms with Gasteiger partial charge in [0.25, 0.3) is 5.72 Å². The van der Waals surface area contributed by atoms with Crippen LogP contribution >= 0.6 is 11.3 Å². The van der Waals surface area contributed by atoms with Gasteiger partial charge in [-0.25, -0.2) is 4.79 Å². The van der Waals surface area contributed by atoms with Crippen LogP contribution in [0.4, 0.5) is 0 Å². The van der Waals surface area contributed by atoms with Crippen LogP contribution in [0, 0.1) is 34.0 Å². The third-order valence-corrected chi connectivity index (χ3v) is 4.07. The van der Waals surface area contributed by atoms with E-state index in [1.54, 1.807) is 29.7 Å². The van der Waals surface area contributed by atoms with Gasteiger partial charge in [-0.3, -0.25) is 4.79 Å². The van der Waals surface area contributed by atoms with Crippen LogP contribution in [0.5, 0.6) is 0 Å². The highest BCUT2D eigenvalue weighted by Gasteiger charge is 2.53. The van der Waals surface area contributed by atoms with E-state index in [4.69, 9.17) is 10.5 Å². The molecule has 0 saturated carbocycles. The number of nitriles is 3. The fourth-order valence-electron chi connectivity index (χ4n) is 2.16. The van der Waals surface area contributed by atoms with Gasteiger partial charge in [0.05, 0.1) is 28.8 Å². The van der Waals surface area contributed by atoms with Crippen LogP contribution in [0.1, 0.15) is 9.67 Å². The van der Waals surface area contributed by atoms with Crippen molar-refractivity contribution < 1.29 is 19.4 Å². The molecular formula is C15H8N4O4S. The maximum atomic E-state index is 12.7. The lowest BCUT2D eigenvalue weighted by Crippen LogP contribution is -2.52. The Balaban J connectivity index is 2.81. The molecule has 0 amide bonds. The Morgan fingerprint density at radius 2 is 2.00 bits per heavy atom. The minimum atomic E-state index is -2.67. The van der Waals surface area contributed by atoms with Crippen molar-refractivity contribution in [1.29, 1.82) is 15.8 Å². The summed E-state index contributed by atoms with van der Waals surface area (Å²) in [5, 5.41) is 41.8. The molecule has 0 spiro atoms. The Hall–Kier alpha value is -3.45. The predicted octanol–water partition coefficient (Wildman–Crippen LogP) is 0.517. The monoisotopic (exact) mass is 340 g/mol. The molecule has 2 rings (SSSR count). The topological polar surface area (TPSA) is 147 Å². The van der Waals surface area contributed by atoms with Crippen molar-refractivity contribution in [2.75, 3.05) is 7.11 Å². The zero-order chi connectivity index (χ0) is 17.9. The summed E-state index contributed by atoms with van der Waals surface area (Å²) >= 11 is 1.04. The lowest BCUT2D eigenvalue weighted by molar-refractivity contribution is -0.159. The third-order valence-electron chi connectivity index (χ3n) is 3.21. The molecular weight excluding hydrogens is 332 g/mol. The quantitative estimate of drug-likeness (QED) is 0.460. The highest BCUT2D eigenvalue weighted by Crippen LogP contribution is 2.36. The Kier molecular flexibility index (Phi) is 4.47. The highest BCUT2D eigenvalue weighted by molar-refractivity contribution is 7.12. The van der Waals surface area contributed by atoms with E-state index in [-0.39, 0.29) is 4.88 Å². The van der Waals surface area contributed by atoms with Gasteiger partial charge in [-0.1, -0.05) is 6.07 Å². The van der Waals surface area contributed by atoms with E-state index in [1.165, 1.54) is 6.07 Å². The first-order valence-corrected chi connectivity index (χ1v) is 7.19. The van der Waals surface area contributed by atoms with E-state index >= 15 is 0 Å². The summed E-state index contributed by atoms with van der Waals surface area (Å²) in [5.41, 5.74) is -4.66. The number of nitrogens with one attached hydrogen (secondary N) is 1. The molecule has 118 valence electrons. The first kappa shape index (κ1) is 16.9. The molecule has 2 N–H and O–H groups in total. The number of methoxy groups -OCH3 is 1. The second kappa shape index (κ2) is 6.35. The number of hydrogen-bond donors (Lipinski definition) is 2. The van der Waals surface area contributed by atoms with Gasteiger partial charge >= 0.3 is 5.97 Å². The number of ether oxygens (including phenoxy) is 1. The molecule has 0 saturated heterocycles. The average Bonchev–Trinajstić information content (AvgIpc) is 3.21. The first-order valence-electron chi connectivity index (χ1n) is 6.31. The molecule has 1 unspecified atom stereocenters. The van der Waals surface area contributed by atoms with Crippen molar-refractivity contribution >= 4 is 23.1 Å². The number of thiophene rings is 1. The van der Waals surface area contributed by atoms with E-state index in [0.29, 0.717) is 0 Å². The molecule has 0 fully saturated rings. The third kappa shape index (κ3) is 2.42. The van der Waals surface area contributed by atoms with Gasteiger partial charge in [0.2, 0.25) is 5.78 Å². The second-order valence-electron chi connectivity index (χ2n) is 4.47. The van der Waals surface area contributed by atoms with Crippen molar-refractivity contribution in [1.82, 2.24) is 5.32 Å². The molecule has 1 atom stereocenters. The zero-order valence-corrected chi connectivity index (χ0v) is 13.0. The highest BCUT2D eigenvalue weighted by atomic mass is 32.1. The van der Waals surface area contributed by atoms with Crippen molar-refractivity contribution in [2.24, 2.45) is 0 Å². The van der Waals surface area contributed by atoms with Crippen molar-refractivity contribution in [3.63, 3.8) is 0 Å². The minimum Gasteiger partial charge on any atom is -0.465 e. The molecule has 0 aliphatic carbocycles. The van der Waals surface area contributed by atoms with E-state index in [0.717, 1.165) is 18.4 Å². The first-order chi connectivity index (χ1) is 11.4. The smallest absolute Gasteiger partial charge is 0.364 e. The molecule has 9 heteroatoms. The molecule has 1 aromatic heterocycles. The molecule has 0 bridgehead atoms. The largest absolute Gasteiger partial charge is 0.465 e. The van der Waals surface area contributed by atoms with Gasteiger partial charge in [0, 0.05) is 0 Å². The number of aliphatic hydroxyl groups is 1. The SMILES string of the molecule is COC(=O)C1(O)NC(=C(C#N)C#N)C(C#N)=C1C(=O)c1cccs1. The Labute approximate surface area is 140 Å². The Bertz CT molecular complexity index is 893. The van der Waals surface area contributed by atoms with Gasteiger partial charge in [0.1, 0.15) is 18.2 Å². The van der Waals surface area contributed by atoms with Gasteiger partial charge in [-0.15, -0.1) is 11.3 Å². The van der Waals surface area contributed by atoms with Crippen LogP contribution in [0.25, 0.3) is 0 Å². The number of nitrogens with zero attached hydrogens (tertiary/aromatic N) is 3. The normalized spacial score (nSPS) is 18.9. The van der Waals surface area contributed by atoms with Gasteiger partial charge < -0.3 is 15.2 Å². The summed E-state index contributed by atoms with van der Waals surface area (Å²) in [6.07, 6.45) is 0. The number of carbonyl (C=O) groups is 2. The van der Waals surface area contributed by atoms with E-state index in [9.17, 15) is 20.0 Å². The maximum Gasteiger partial charge on any atom is 0.364 e. The molecule has 0 radical (unpaired) electrons. The van der Waals surface area contributed by atoms with Crippen LogP contribution in [0.3, 0.4) is 0 Å². The number of esters is 1. The number of ketones is 1. The molecule has 1 aromatic rings. The van der Waals surface area contributed by atoms with E-state index in [2.05, 4.69) is 10.1 Å².